The van der Waals surface area contributed by atoms with Crippen molar-refractivity contribution in [3.8, 4) is 5.75 Å². The Morgan fingerprint density at radius 1 is 0.868 bits per heavy atom. The number of benzene rings is 3. The maximum absolute atomic E-state index is 13.0. The molecule has 0 saturated carbocycles. The van der Waals surface area contributed by atoms with Crippen LogP contribution in [0.1, 0.15) is 20.1 Å². The fraction of sp³-hybridized carbons (Fsp3) is 0. The zero-order valence-electron chi connectivity index (χ0n) is 18.8. The van der Waals surface area contributed by atoms with Crippen LogP contribution in [0, 0.1) is 0 Å². The van der Waals surface area contributed by atoms with Crippen LogP contribution in [0.5, 0.6) is 5.75 Å². The van der Waals surface area contributed by atoms with Crippen molar-refractivity contribution in [3.63, 3.8) is 0 Å². The van der Waals surface area contributed by atoms with E-state index in [2.05, 4.69) is 4.99 Å². The Balaban J connectivity index is 1.32. The van der Waals surface area contributed by atoms with Crippen molar-refractivity contribution in [2.75, 3.05) is 0 Å². The fourth-order valence-electron chi connectivity index (χ4n) is 3.84. The van der Waals surface area contributed by atoms with Gasteiger partial charge in [0.05, 0.1) is 10.0 Å². The van der Waals surface area contributed by atoms with Gasteiger partial charge in [-0.15, -0.1) is 22.7 Å². The largest absolute Gasteiger partial charge is 0.422 e. The second kappa shape index (κ2) is 10.0. The van der Waals surface area contributed by atoms with Crippen molar-refractivity contribution >= 4 is 113 Å². The molecule has 0 bridgehead atoms. The highest BCUT2D eigenvalue weighted by molar-refractivity contribution is 7.22. The lowest BCUT2D eigenvalue weighted by Crippen LogP contribution is -2.08. The molecule has 5 aromatic rings. The van der Waals surface area contributed by atoms with Gasteiger partial charge in [-0.3, -0.25) is 0 Å². The molecule has 1 aliphatic heterocycles. The first kappa shape index (κ1) is 25.4. The standard InChI is InChI=1S/C27H11Cl4NO4S2/c28-13-5-7-15-19(10-13)37-23(21(15)30)25-32-17(26(33)36-25)9-12-3-1-2-4-18(12)35-27(34)24-22(31)16-8-6-14(29)11-20(16)38-24/h1-11H/b17-9+. The molecule has 2 aromatic heterocycles. The van der Waals surface area contributed by atoms with E-state index >= 15 is 0 Å². The number of esters is 2. The molecule has 188 valence electrons. The van der Waals surface area contributed by atoms with Crippen molar-refractivity contribution in [3.05, 3.63) is 102 Å². The molecule has 0 radical (unpaired) electrons. The van der Waals surface area contributed by atoms with E-state index < -0.39 is 11.9 Å². The highest BCUT2D eigenvalue weighted by Crippen LogP contribution is 2.40. The summed E-state index contributed by atoms with van der Waals surface area (Å²) in [6, 6.07) is 17.3. The molecule has 0 fully saturated rings. The maximum atomic E-state index is 13.0. The Labute approximate surface area is 243 Å². The van der Waals surface area contributed by atoms with E-state index in [9.17, 15) is 9.59 Å². The van der Waals surface area contributed by atoms with Gasteiger partial charge in [0.15, 0.2) is 5.70 Å². The number of ether oxygens (including phenoxy) is 2. The summed E-state index contributed by atoms with van der Waals surface area (Å²) in [4.78, 5) is 30.8. The van der Waals surface area contributed by atoms with Crippen LogP contribution in [-0.2, 0) is 9.53 Å². The highest BCUT2D eigenvalue weighted by Gasteiger charge is 2.28. The Hall–Kier alpha value is -2.91. The van der Waals surface area contributed by atoms with Crippen molar-refractivity contribution in [2.24, 2.45) is 4.99 Å². The molecule has 38 heavy (non-hydrogen) atoms. The zero-order valence-corrected chi connectivity index (χ0v) is 23.4. The number of halogens is 4. The predicted molar refractivity (Wildman–Crippen MR) is 156 cm³/mol. The number of nitrogens with zero attached hydrogens (tertiary/aromatic N) is 1. The van der Waals surface area contributed by atoms with Crippen molar-refractivity contribution in [1.29, 1.82) is 0 Å². The fourth-order valence-corrected chi connectivity index (χ4v) is 7.21. The summed E-state index contributed by atoms with van der Waals surface area (Å²) in [5.74, 6) is -0.972. The molecule has 11 heteroatoms. The number of para-hydroxylation sites is 1. The van der Waals surface area contributed by atoms with Gasteiger partial charge >= 0.3 is 11.9 Å². The van der Waals surface area contributed by atoms with Crippen LogP contribution >= 0.6 is 69.1 Å². The van der Waals surface area contributed by atoms with Gasteiger partial charge in [-0.2, -0.15) is 0 Å². The molecule has 0 spiro atoms. The predicted octanol–water partition coefficient (Wildman–Crippen LogP) is 9.29. The molecule has 0 aliphatic carbocycles. The van der Waals surface area contributed by atoms with Gasteiger partial charge in [0.1, 0.15) is 15.5 Å². The minimum Gasteiger partial charge on any atom is -0.422 e. The van der Waals surface area contributed by atoms with Crippen LogP contribution < -0.4 is 4.74 Å². The minimum atomic E-state index is -0.655. The van der Waals surface area contributed by atoms with Crippen molar-refractivity contribution < 1.29 is 19.1 Å². The molecule has 5 nitrogen and oxygen atoms in total. The number of carbonyl (C=O) groups excluding carboxylic acids is 2. The van der Waals surface area contributed by atoms with Crippen LogP contribution in [0.3, 0.4) is 0 Å². The molecular weight excluding hydrogens is 608 g/mol. The van der Waals surface area contributed by atoms with Crippen molar-refractivity contribution in [1.82, 2.24) is 0 Å². The molecule has 0 amide bonds. The first-order chi connectivity index (χ1) is 18.3. The van der Waals surface area contributed by atoms with E-state index in [4.69, 9.17) is 55.9 Å². The Morgan fingerprint density at radius 3 is 2.26 bits per heavy atom. The summed E-state index contributed by atoms with van der Waals surface area (Å²) in [5.41, 5.74) is 0.483. The first-order valence-corrected chi connectivity index (χ1v) is 14.0. The Bertz CT molecular complexity index is 1870. The quantitative estimate of drug-likeness (QED) is 0.114. The van der Waals surface area contributed by atoms with E-state index in [0.717, 1.165) is 14.8 Å². The van der Waals surface area contributed by atoms with Gasteiger partial charge in [-0.05, 0) is 36.4 Å². The molecule has 3 aromatic carbocycles. The van der Waals surface area contributed by atoms with E-state index in [1.165, 1.54) is 28.7 Å². The lowest BCUT2D eigenvalue weighted by molar-refractivity contribution is -0.129. The molecule has 0 N–H and O–H groups in total. The van der Waals surface area contributed by atoms with Crippen LogP contribution in [0.2, 0.25) is 20.1 Å². The summed E-state index contributed by atoms with van der Waals surface area (Å²) in [5, 5.41) is 3.31. The maximum Gasteiger partial charge on any atom is 0.363 e. The number of hydrogen-bond donors (Lipinski definition) is 0. The molecule has 1 aliphatic rings. The Kier molecular flexibility index (Phi) is 6.68. The second-order valence-corrected chi connectivity index (χ2v) is 11.8. The molecule has 6 rings (SSSR count). The number of rotatable bonds is 4. The van der Waals surface area contributed by atoms with Crippen LogP contribution in [0.4, 0.5) is 0 Å². The smallest absolute Gasteiger partial charge is 0.363 e. The zero-order chi connectivity index (χ0) is 26.6. The average Bonchev–Trinajstić information content (AvgIpc) is 3.52. The topological polar surface area (TPSA) is 65.0 Å². The minimum absolute atomic E-state index is 0.0320. The van der Waals surface area contributed by atoms with Crippen LogP contribution in [0.15, 0.2) is 71.4 Å². The summed E-state index contributed by atoms with van der Waals surface area (Å²) in [6.07, 6.45) is 1.49. The number of aliphatic imine (C=N–C) groups is 1. The van der Waals surface area contributed by atoms with E-state index in [0.29, 0.717) is 30.9 Å². The SMILES string of the molecule is O=C1OC(c2sc3cc(Cl)ccc3c2Cl)=N/C1=C/c1ccccc1OC(=O)c1sc2cc(Cl)ccc2c1Cl. The lowest BCUT2D eigenvalue weighted by Gasteiger charge is -2.07. The van der Waals surface area contributed by atoms with Gasteiger partial charge in [-0.25, -0.2) is 14.6 Å². The second-order valence-electron chi connectivity index (χ2n) is 8.03. The van der Waals surface area contributed by atoms with Gasteiger partial charge in [-0.1, -0.05) is 76.7 Å². The molecule has 0 atom stereocenters. The van der Waals surface area contributed by atoms with Gasteiger partial charge in [0, 0.05) is 35.8 Å². The van der Waals surface area contributed by atoms with Gasteiger partial charge < -0.3 is 9.47 Å². The highest BCUT2D eigenvalue weighted by atomic mass is 35.5. The molecular formula is C27H11Cl4NO4S2. The van der Waals surface area contributed by atoms with Crippen molar-refractivity contribution in [2.45, 2.75) is 0 Å². The third-order valence-corrected chi connectivity index (χ3v) is 9.35. The number of thiophene rings is 2. The van der Waals surface area contributed by atoms with Crippen LogP contribution in [0.25, 0.3) is 26.2 Å². The van der Waals surface area contributed by atoms with E-state index in [1.54, 1.807) is 60.7 Å². The number of cyclic esters (lactones) is 1. The summed E-state index contributed by atoms with van der Waals surface area (Å²) in [7, 11) is 0. The normalized spacial score (nSPS) is 14.4. The van der Waals surface area contributed by atoms with Gasteiger partial charge in [0.2, 0.25) is 5.90 Å². The summed E-state index contributed by atoms with van der Waals surface area (Å²) < 4.78 is 12.7. The third kappa shape index (κ3) is 4.60. The monoisotopic (exact) mass is 617 g/mol. The average molecular weight is 619 g/mol. The third-order valence-electron chi connectivity index (χ3n) is 5.60. The lowest BCUT2D eigenvalue weighted by atomic mass is 10.1. The molecule has 3 heterocycles. The molecule has 0 saturated heterocycles. The number of hydrogen-bond acceptors (Lipinski definition) is 7. The van der Waals surface area contributed by atoms with Gasteiger partial charge in [0.25, 0.3) is 0 Å². The summed E-state index contributed by atoms with van der Waals surface area (Å²) >= 11 is 27.7. The first-order valence-electron chi connectivity index (χ1n) is 10.9. The number of carbonyl (C=O) groups is 2. The molecule has 0 unspecified atom stereocenters. The summed E-state index contributed by atoms with van der Waals surface area (Å²) in [6.45, 7) is 0. The number of fused-ring (bicyclic) bond motifs is 2. The van der Waals surface area contributed by atoms with E-state index in [-0.39, 0.29) is 27.2 Å². The van der Waals surface area contributed by atoms with Crippen LogP contribution in [-0.4, -0.2) is 17.8 Å². The van der Waals surface area contributed by atoms with E-state index in [1.807, 2.05) is 0 Å². The Morgan fingerprint density at radius 2 is 1.53 bits per heavy atom.